The number of fused-ring (bicyclic) bond motifs is 1. The van der Waals surface area contributed by atoms with Crippen molar-refractivity contribution >= 4 is 58.0 Å². The fraction of sp³-hybridized carbons (Fsp3) is 0.129. The van der Waals surface area contributed by atoms with E-state index in [4.69, 9.17) is 5.73 Å². The molecule has 0 spiro atoms. The molecule has 5 rings (SSSR count). The fourth-order valence-electron chi connectivity index (χ4n) is 4.71. The number of nitrogen functional groups attached to an aromatic ring is 1. The Morgan fingerprint density at radius 2 is 1.95 bits per heavy atom. The number of pyridine rings is 1. The standard InChI is InChI=1S/C31H29N7O2S/c1-5-16-33-29-27(28(32)36-37(29)4)30(39)34-19(2)25-17-22-11-9-10-21(14-15-23-18-41-20(3)35-23)26(22)31(40)38(25)24-12-7-6-8-13-24/h5-19H,1H2,2-4H3,(H2,32,36)(H,34,39)/b15-14+,33-16-. The lowest BCUT2D eigenvalue weighted by Gasteiger charge is -2.21. The lowest BCUT2D eigenvalue weighted by atomic mass is 10.0. The predicted octanol–water partition coefficient (Wildman–Crippen LogP) is 5.62. The number of carbonyl (C=O) groups excluding carboxylic acids is 1. The molecule has 10 heteroatoms. The third kappa shape index (κ3) is 5.50. The molecular formula is C31H29N7O2S. The normalized spacial score (nSPS) is 12.4. The van der Waals surface area contributed by atoms with Gasteiger partial charge in [-0.05, 0) is 49.1 Å². The molecule has 9 nitrogen and oxygen atoms in total. The second-order valence-electron chi connectivity index (χ2n) is 9.40. The molecular weight excluding hydrogens is 534 g/mol. The second-order valence-corrected chi connectivity index (χ2v) is 10.5. The van der Waals surface area contributed by atoms with E-state index in [-0.39, 0.29) is 16.9 Å². The Morgan fingerprint density at radius 1 is 1.17 bits per heavy atom. The van der Waals surface area contributed by atoms with Crippen LogP contribution in [0.15, 0.2) is 82.4 Å². The van der Waals surface area contributed by atoms with Crippen molar-refractivity contribution in [2.24, 2.45) is 12.0 Å². The zero-order valence-corrected chi connectivity index (χ0v) is 23.7. The van der Waals surface area contributed by atoms with E-state index in [0.29, 0.717) is 22.6 Å². The number of benzene rings is 2. The summed E-state index contributed by atoms with van der Waals surface area (Å²) in [6.45, 7) is 7.41. The molecule has 1 unspecified atom stereocenters. The monoisotopic (exact) mass is 563 g/mol. The summed E-state index contributed by atoms with van der Waals surface area (Å²) in [4.78, 5) is 36.5. The third-order valence-electron chi connectivity index (χ3n) is 6.56. The molecule has 0 aliphatic carbocycles. The van der Waals surface area contributed by atoms with E-state index in [9.17, 15) is 9.59 Å². The van der Waals surface area contributed by atoms with Crippen LogP contribution in [0.1, 0.15) is 45.3 Å². The number of rotatable bonds is 8. The number of allylic oxidation sites excluding steroid dienone is 1. The lowest BCUT2D eigenvalue weighted by Crippen LogP contribution is -2.32. The van der Waals surface area contributed by atoms with Gasteiger partial charge in [-0.3, -0.25) is 14.2 Å². The fourth-order valence-corrected chi connectivity index (χ4v) is 5.29. The van der Waals surface area contributed by atoms with Gasteiger partial charge in [0, 0.05) is 30.0 Å². The Hall–Kier alpha value is -5.09. The maximum atomic E-state index is 14.2. The quantitative estimate of drug-likeness (QED) is 0.237. The first-order valence-electron chi connectivity index (χ1n) is 12.9. The molecule has 0 aliphatic rings. The van der Waals surface area contributed by atoms with E-state index in [2.05, 4.69) is 27.0 Å². The number of nitrogens with two attached hydrogens (primary N) is 1. The zero-order chi connectivity index (χ0) is 29.1. The topological polar surface area (TPSA) is 120 Å². The minimum absolute atomic E-state index is 0.0547. The van der Waals surface area contributed by atoms with Crippen molar-refractivity contribution < 1.29 is 4.79 Å². The van der Waals surface area contributed by atoms with Gasteiger partial charge in [-0.15, -0.1) is 11.3 Å². The molecule has 3 aromatic heterocycles. The van der Waals surface area contributed by atoms with Crippen molar-refractivity contribution in [3.05, 3.63) is 111 Å². The lowest BCUT2D eigenvalue weighted by molar-refractivity contribution is 0.0940. The summed E-state index contributed by atoms with van der Waals surface area (Å²) < 4.78 is 3.08. The summed E-state index contributed by atoms with van der Waals surface area (Å²) in [5.41, 5.74) is 8.94. The van der Waals surface area contributed by atoms with Crippen molar-refractivity contribution in [3.8, 4) is 5.69 Å². The highest BCUT2D eigenvalue weighted by atomic mass is 32.1. The highest BCUT2D eigenvalue weighted by molar-refractivity contribution is 7.09. The number of hydrogen-bond donors (Lipinski definition) is 2. The molecule has 3 heterocycles. The molecule has 2 aromatic carbocycles. The van der Waals surface area contributed by atoms with E-state index in [1.54, 1.807) is 23.0 Å². The minimum atomic E-state index is -0.576. The second kappa shape index (κ2) is 11.6. The summed E-state index contributed by atoms with van der Waals surface area (Å²) in [5, 5.41) is 11.4. The highest BCUT2D eigenvalue weighted by Gasteiger charge is 2.24. The number of nitrogens with one attached hydrogen (secondary N) is 1. The number of carbonyl (C=O) groups is 1. The number of para-hydroxylation sites is 1. The van der Waals surface area contributed by atoms with E-state index in [1.165, 1.54) is 17.0 Å². The molecule has 0 radical (unpaired) electrons. The van der Waals surface area contributed by atoms with E-state index in [0.717, 1.165) is 21.7 Å². The molecule has 0 bridgehead atoms. The van der Waals surface area contributed by atoms with Crippen LogP contribution in [0.5, 0.6) is 0 Å². The molecule has 1 amide bonds. The van der Waals surface area contributed by atoms with Gasteiger partial charge in [0.2, 0.25) is 0 Å². The number of anilines is 1. The molecule has 5 aromatic rings. The number of nitrogens with zero attached hydrogens (tertiary/aromatic N) is 5. The van der Waals surface area contributed by atoms with Crippen molar-refractivity contribution in [1.29, 1.82) is 0 Å². The van der Waals surface area contributed by atoms with Crippen LogP contribution in [-0.2, 0) is 7.05 Å². The molecule has 3 N–H and O–H groups in total. The van der Waals surface area contributed by atoms with Crippen molar-refractivity contribution in [2.45, 2.75) is 19.9 Å². The van der Waals surface area contributed by atoms with Crippen molar-refractivity contribution in [2.75, 3.05) is 5.73 Å². The minimum Gasteiger partial charge on any atom is -0.381 e. The summed E-state index contributed by atoms with van der Waals surface area (Å²) in [6.07, 6.45) is 6.79. The average Bonchev–Trinajstić information content (AvgIpc) is 3.51. The van der Waals surface area contributed by atoms with Gasteiger partial charge in [0.05, 0.1) is 22.1 Å². The maximum absolute atomic E-state index is 14.2. The van der Waals surface area contributed by atoms with Crippen LogP contribution in [0.4, 0.5) is 11.6 Å². The Labute approximate surface area is 241 Å². The number of aryl methyl sites for hydroxylation is 2. The van der Waals surface area contributed by atoms with Crippen LogP contribution in [0, 0.1) is 6.92 Å². The molecule has 0 aliphatic heterocycles. The summed E-state index contributed by atoms with van der Waals surface area (Å²) >= 11 is 1.57. The Morgan fingerprint density at radius 3 is 2.66 bits per heavy atom. The van der Waals surface area contributed by atoms with Gasteiger partial charge in [-0.2, -0.15) is 5.10 Å². The Kier molecular flexibility index (Phi) is 7.75. The molecule has 1 atom stereocenters. The van der Waals surface area contributed by atoms with Crippen LogP contribution in [0.25, 0.3) is 28.6 Å². The molecule has 0 saturated carbocycles. The van der Waals surface area contributed by atoms with Crippen molar-refractivity contribution in [1.82, 2.24) is 24.6 Å². The van der Waals surface area contributed by atoms with Gasteiger partial charge in [-0.1, -0.05) is 55.1 Å². The zero-order valence-electron chi connectivity index (χ0n) is 22.9. The predicted molar refractivity (Wildman–Crippen MR) is 167 cm³/mol. The van der Waals surface area contributed by atoms with Gasteiger partial charge in [0.15, 0.2) is 11.6 Å². The maximum Gasteiger partial charge on any atom is 0.263 e. The van der Waals surface area contributed by atoms with E-state index < -0.39 is 11.9 Å². The first-order valence-corrected chi connectivity index (χ1v) is 13.8. The number of amides is 1. The summed E-state index contributed by atoms with van der Waals surface area (Å²) in [5.74, 6) is -0.0985. The molecule has 0 saturated heterocycles. The van der Waals surface area contributed by atoms with Crippen LogP contribution < -0.4 is 16.6 Å². The summed E-state index contributed by atoms with van der Waals surface area (Å²) in [7, 11) is 1.66. The number of thiazole rings is 1. The number of aromatic nitrogens is 4. The first kappa shape index (κ1) is 27.5. The Bertz CT molecular complexity index is 1880. The van der Waals surface area contributed by atoms with Gasteiger partial charge in [0.1, 0.15) is 5.56 Å². The smallest absolute Gasteiger partial charge is 0.263 e. The summed E-state index contributed by atoms with van der Waals surface area (Å²) in [6, 6.07) is 16.4. The van der Waals surface area contributed by atoms with Crippen molar-refractivity contribution in [3.63, 3.8) is 0 Å². The van der Waals surface area contributed by atoms with Crippen LogP contribution in [0.2, 0.25) is 0 Å². The SMILES string of the molecule is C=C/C=N\c1c(C(=O)NC(C)c2cc3cccc(/C=C/c4csc(C)n4)c3c(=O)n2-c2ccccc2)c(N)nn1C. The van der Waals surface area contributed by atoms with Gasteiger partial charge < -0.3 is 11.1 Å². The molecule has 0 fully saturated rings. The van der Waals surface area contributed by atoms with Crippen LogP contribution >= 0.6 is 11.3 Å². The molecule has 206 valence electrons. The van der Waals surface area contributed by atoms with Gasteiger partial charge in [-0.25, -0.2) is 14.7 Å². The molecule has 41 heavy (non-hydrogen) atoms. The number of hydrogen-bond acceptors (Lipinski definition) is 7. The van der Waals surface area contributed by atoms with E-state index in [1.807, 2.05) is 86.0 Å². The average molecular weight is 564 g/mol. The Balaban J connectivity index is 1.62. The highest BCUT2D eigenvalue weighted by Crippen LogP contribution is 2.27. The largest absolute Gasteiger partial charge is 0.381 e. The van der Waals surface area contributed by atoms with E-state index >= 15 is 0 Å². The van der Waals surface area contributed by atoms with Gasteiger partial charge >= 0.3 is 0 Å². The van der Waals surface area contributed by atoms with Crippen LogP contribution in [0.3, 0.4) is 0 Å². The third-order valence-corrected chi connectivity index (χ3v) is 7.35. The van der Waals surface area contributed by atoms with Crippen LogP contribution in [-0.4, -0.2) is 31.5 Å². The van der Waals surface area contributed by atoms with Gasteiger partial charge in [0.25, 0.3) is 11.5 Å². The number of aliphatic imine (C=N–C) groups is 1. The first-order chi connectivity index (χ1) is 19.8.